The third-order valence-electron chi connectivity index (χ3n) is 4.03. The van der Waals surface area contributed by atoms with Crippen molar-refractivity contribution in [1.82, 2.24) is 9.62 Å². The first kappa shape index (κ1) is 20.8. The highest BCUT2D eigenvalue weighted by Gasteiger charge is 2.19. The Morgan fingerprint density at radius 3 is 2.33 bits per heavy atom. The van der Waals surface area contributed by atoms with E-state index in [-0.39, 0.29) is 4.90 Å². The summed E-state index contributed by atoms with van der Waals surface area (Å²) in [6.45, 7) is 3.34. The second-order valence-corrected chi connectivity index (χ2v) is 8.41. The van der Waals surface area contributed by atoms with E-state index in [2.05, 4.69) is 10.6 Å². The molecule has 0 spiro atoms. The number of urea groups is 1. The molecule has 146 valence electrons. The molecule has 0 aliphatic rings. The predicted octanol–water partition coefficient (Wildman–Crippen LogP) is 3.41. The second-order valence-electron chi connectivity index (χ2n) is 6.26. The van der Waals surface area contributed by atoms with Gasteiger partial charge in [0.15, 0.2) is 11.6 Å². The molecule has 0 aliphatic carbocycles. The molecule has 0 saturated heterocycles. The third-order valence-corrected chi connectivity index (χ3v) is 5.84. The molecule has 0 aromatic heterocycles. The monoisotopic (exact) mass is 397 g/mol. The summed E-state index contributed by atoms with van der Waals surface area (Å²) in [5.41, 5.74) is 1.39. The lowest BCUT2D eigenvalue weighted by molar-refractivity contribution is 0.249. The van der Waals surface area contributed by atoms with Crippen molar-refractivity contribution in [3.05, 3.63) is 59.2 Å². The number of carbonyl (C=O) groups is 1. The average molecular weight is 397 g/mol. The first-order valence-electron chi connectivity index (χ1n) is 8.08. The molecule has 0 saturated carbocycles. The Bertz CT molecular complexity index is 962. The number of nitrogens with zero attached hydrogens (tertiary/aromatic N) is 1. The fraction of sp³-hybridized carbons (Fsp3) is 0.278. The van der Waals surface area contributed by atoms with Crippen LogP contribution < -0.4 is 10.6 Å². The first-order valence-corrected chi connectivity index (χ1v) is 9.52. The minimum Gasteiger partial charge on any atom is -0.331 e. The lowest BCUT2D eigenvalue weighted by Crippen LogP contribution is -2.31. The van der Waals surface area contributed by atoms with Gasteiger partial charge in [0, 0.05) is 19.8 Å². The highest BCUT2D eigenvalue weighted by molar-refractivity contribution is 7.89. The fourth-order valence-corrected chi connectivity index (χ4v) is 3.26. The summed E-state index contributed by atoms with van der Waals surface area (Å²) in [4.78, 5) is 12.3. The minimum absolute atomic E-state index is 0.0436. The molecule has 0 aliphatic heterocycles. The molecule has 27 heavy (non-hydrogen) atoms. The van der Waals surface area contributed by atoms with Crippen LogP contribution in [-0.4, -0.2) is 32.8 Å². The zero-order chi connectivity index (χ0) is 20.4. The van der Waals surface area contributed by atoms with Gasteiger partial charge in [0.05, 0.1) is 10.9 Å². The van der Waals surface area contributed by atoms with Gasteiger partial charge in [-0.1, -0.05) is 12.1 Å². The number of nitrogens with one attached hydrogen (secondary N) is 2. The van der Waals surface area contributed by atoms with E-state index < -0.39 is 33.7 Å². The Hall–Kier alpha value is -2.52. The van der Waals surface area contributed by atoms with Crippen LogP contribution in [0.4, 0.5) is 19.3 Å². The van der Waals surface area contributed by atoms with Crippen LogP contribution in [0.3, 0.4) is 0 Å². The van der Waals surface area contributed by atoms with E-state index in [9.17, 15) is 22.0 Å². The number of aryl methyl sites for hydroxylation is 1. The number of sulfonamides is 1. The van der Waals surface area contributed by atoms with Crippen molar-refractivity contribution in [1.29, 1.82) is 0 Å². The largest absolute Gasteiger partial charge is 0.331 e. The van der Waals surface area contributed by atoms with Crippen LogP contribution in [0.2, 0.25) is 0 Å². The SMILES string of the molecule is Cc1ccc(S(=O)(=O)N(C)C)cc1NC(=O)NC(C)c1ccc(F)c(F)c1. The minimum atomic E-state index is -3.64. The summed E-state index contributed by atoms with van der Waals surface area (Å²) in [5, 5.41) is 5.19. The number of halogens is 2. The molecule has 0 heterocycles. The zero-order valence-electron chi connectivity index (χ0n) is 15.4. The summed E-state index contributed by atoms with van der Waals surface area (Å²) in [6.07, 6.45) is 0. The standard InChI is InChI=1S/C18H21F2N3O3S/c1-11-5-7-14(27(25,26)23(3)4)10-17(11)22-18(24)21-12(2)13-6-8-15(19)16(20)9-13/h5-10,12H,1-4H3,(H2,21,22,24). The molecule has 6 nitrogen and oxygen atoms in total. The molecular weight excluding hydrogens is 376 g/mol. The summed E-state index contributed by atoms with van der Waals surface area (Å²) < 4.78 is 51.9. The van der Waals surface area contributed by atoms with Crippen molar-refractivity contribution in [3.63, 3.8) is 0 Å². The molecule has 9 heteroatoms. The smallest absolute Gasteiger partial charge is 0.319 e. The number of hydrogen-bond acceptors (Lipinski definition) is 3. The van der Waals surface area contributed by atoms with Gasteiger partial charge in [-0.3, -0.25) is 0 Å². The van der Waals surface area contributed by atoms with Gasteiger partial charge in [-0.15, -0.1) is 0 Å². The van der Waals surface area contributed by atoms with E-state index in [0.717, 1.165) is 16.4 Å². The van der Waals surface area contributed by atoms with Crippen LogP contribution in [0, 0.1) is 18.6 Å². The molecule has 1 unspecified atom stereocenters. The molecule has 0 fully saturated rings. The van der Waals surface area contributed by atoms with Crippen molar-refractivity contribution in [2.75, 3.05) is 19.4 Å². The van der Waals surface area contributed by atoms with E-state index in [4.69, 9.17) is 0 Å². The number of hydrogen-bond donors (Lipinski definition) is 2. The predicted molar refractivity (Wildman–Crippen MR) is 99.0 cm³/mol. The van der Waals surface area contributed by atoms with Crippen molar-refractivity contribution in [3.8, 4) is 0 Å². The average Bonchev–Trinajstić information content (AvgIpc) is 2.58. The van der Waals surface area contributed by atoms with Crippen molar-refractivity contribution in [2.45, 2.75) is 24.8 Å². The molecule has 2 aromatic rings. The van der Waals surface area contributed by atoms with Crippen LogP contribution in [0.5, 0.6) is 0 Å². The number of benzene rings is 2. The van der Waals surface area contributed by atoms with Gasteiger partial charge in [-0.25, -0.2) is 26.3 Å². The lowest BCUT2D eigenvalue weighted by Gasteiger charge is -2.17. The fourth-order valence-electron chi connectivity index (χ4n) is 2.33. The maximum atomic E-state index is 13.3. The van der Waals surface area contributed by atoms with Crippen molar-refractivity contribution < 1.29 is 22.0 Å². The molecule has 2 aromatic carbocycles. The summed E-state index contributed by atoms with van der Waals surface area (Å²) in [5.74, 6) is -1.97. The van der Waals surface area contributed by atoms with Crippen LogP contribution in [0.15, 0.2) is 41.3 Å². The number of anilines is 1. The number of rotatable bonds is 5. The maximum Gasteiger partial charge on any atom is 0.319 e. The van der Waals surface area contributed by atoms with Crippen molar-refractivity contribution >= 4 is 21.7 Å². The molecule has 1 atom stereocenters. The molecule has 2 rings (SSSR count). The topological polar surface area (TPSA) is 78.5 Å². The zero-order valence-corrected chi connectivity index (χ0v) is 16.2. The Morgan fingerprint density at radius 2 is 1.74 bits per heavy atom. The van der Waals surface area contributed by atoms with Gasteiger partial charge < -0.3 is 10.6 Å². The van der Waals surface area contributed by atoms with Crippen LogP contribution in [0.1, 0.15) is 24.1 Å². The highest BCUT2D eigenvalue weighted by atomic mass is 32.2. The highest BCUT2D eigenvalue weighted by Crippen LogP contribution is 2.22. The first-order chi connectivity index (χ1) is 12.5. The van der Waals surface area contributed by atoms with Crippen LogP contribution >= 0.6 is 0 Å². The van der Waals surface area contributed by atoms with Crippen LogP contribution in [-0.2, 0) is 10.0 Å². The van der Waals surface area contributed by atoms with Gasteiger partial charge in [-0.05, 0) is 49.2 Å². The van der Waals surface area contributed by atoms with E-state index in [0.29, 0.717) is 16.8 Å². The van der Waals surface area contributed by atoms with Gasteiger partial charge in [0.1, 0.15) is 0 Å². The van der Waals surface area contributed by atoms with E-state index in [1.807, 2.05) is 0 Å². The summed E-state index contributed by atoms with van der Waals surface area (Å²) in [6, 6.07) is 6.59. The summed E-state index contributed by atoms with van der Waals surface area (Å²) in [7, 11) is -0.812. The van der Waals surface area contributed by atoms with Gasteiger partial charge in [-0.2, -0.15) is 0 Å². The van der Waals surface area contributed by atoms with Crippen molar-refractivity contribution in [2.24, 2.45) is 0 Å². The molecular formula is C18H21F2N3O3S. The Balaban J connectivity index is 2.16. The molecule has 0 radical (unpaired) electrons. The Labute approximate surface area is 157 Å². The second kappa shape index (κ2) is 8.01. The number of amides is 2. The summed E-state index contributed by atoms with van der Waals surface area (Å²) >= 11 is 0. The quantitative estimate of drug-likeness (QED) is 0.812. The molecule has 2 amide bonds. The Kier molecular flexibility index (Phi) is 6.17. The van der Waals surface area contributed by atoms with Gasteiger partial charge >= 0.3 is 6.03 Å². The number of carbonyl (C=O) groups excluding carboxylic acids is 1. The van der Waals surface area contributed by atoms with E-state index in [1.54, 1.807) is 19.9 Å². The molecule has 2 N–H and O–H groups in total. The van der Waals surface area contributed by atoms with E-state index >= 15 is 0 Å². The van der Waals surface area contributed by atoms with Crippen LogP contribution in [0.25, 0.3) is 0 Å². The van der Waals surface area contributed by atoms with Gasteiger partial charge in [0.2, 0.25) is 10.0 Å². The third kappa shape index (κ3) is 4.81. The lowest BCUT2D eigenvalue weighted by atomic mass is 10.1. The normalized spacial score (nSPS) is 12.7. The maximum absolute atomic E-state index is 13.3. The van der Waals surface area contributed by atoms with E-state index in [1.165, 1.54) is 32.3 Å². The van der Waals surface area contributed by atoms with Gasteiger partial charge in [0.25, 0.3) is 0 Å². The molecule has 0 bridgehead atoms. The Morgan fingerprint density at radius 1 is 1.07 bits per heavy atom.